The third-order valence-electron chi connectivity index (χ3n) is 2.97. The molecule has 1 saturated heterocycles. The van der Waals surface area contributed by atoms with Gasteiger partial charge in [0, 0.05) is 30.4 Å². The molecule has 0 spiro atoms. The minimum absolute atomic E-state index is 0.281. The molecule has 0 aromatic heterocycles. The Hall–Kier alpha value is 0.270. The van der Waals surface area contributed by atoms with Crippen LogP contribution in [0, 0.1) is 0 Å². The third kappa shape index (κ3) is 3.79. The smallest absolute Gasteiger partial charge is 0.0252 e. The second-order valence-electron chi connectivity index (χ2n) is 4.91. The normalized spacial score (nSPS) is 28.7. The zero-order chi connectivity index (χ0) is 10.6. The number of hydrogen-bond donors (Lipinski definition) is 1. The van der Waals surface area contributed by atoms with Crippen LogP contribution in [-0.4, -0.2) is 48.1 Å². The van der Waals surface area contributed by atoms with Gasteiger partial charge in [-0.15, -0.1) is 0 Å². The van der Waals surface area contributed by atoms with Crippen LogP contribution in [0.2, 0.25) is 0 Å². The van der Waals surface area contributed by atoms with Crippen molar-refractivity contribution in [3.63, 3.8) is 0 Å². The van der Waals surface area contributed by atoms with E-state index in [-0.39, 0.29) is 5.54 Å². The molecule has 0 saturated carbocycles. The van der Waals surface area contributed by atoms with Gasteiger partial charge in [-0.25, -0.2) is 0 Å². The fraction of sp³-hybridized carbons (Fsp3) is 1.00. The van der Waals surface area contributed by atoms with Gasteiger partial charge < -0.3 is 5.32 Å². The summed E-state index contributed by atoms with van der Waals surface area (Å²) in [5.74, 6) is 1.25. The summed E-state index contributed by atoms with van der Waals surface area (Å²) < 4.78 is 0. The molecule has 0 amide bonds. The van der Waals surface area contributed by atoms with Crippen LogP contribution in [0.25, 0.3) is 0 Å². The highest BCUT2D eigenvalue weighted by atomic mass is 32.2. The van der Waals surface area contributed by atoms with Crippen molar-refractivity contribution in [3.8, 4) is 0 Å². The standard InChI is InChI=1S/C11H24N2S/c1-10-5-6-12-11(2,3)9-13(10)7-8-14-4/h10,12H,5-9H2,1-4H3. The van der Waals surface area contributed by atoms with Gasteiger partial charge in [0.05, 0.1) is 0 Å². The molecule has 2 nitrogen and oxygen atoms in total. The first kappa shape index (κ1) is 12.3. The molecule has 1 aliphatic heterocycles. The van der Waals surface area contributed by atoms with Crippen molar-refractivity contribution in [2.24, 2.45) is 0 Å². The Morgan fingerprint density at radius 1 is 1.50 bits per heavy atom. The van der Waals surface area contributed by atoms with Gasteiger partial charge in [-0.3, -0.25) is 4.90 Å². The van der Waals surface area contributed by atoms with Crippen LogP contribution in [0.5, 0.6) is 0 Å². The molecule has 84 valence electrons. The van der Waals surface area contributed by atoms with Crippen molar-refractivity contribution in [1.29, 1.82) is 0 Å². The topological polar surface area (TPSA) is 15.3 Å². The van der Waals surface area contributed by atoms with E-state index >= 15 is 0 Å². The van der Waals surface area contributed by atoms with Crippen LogP contribution in [0.15, 0.2) is 0 Å². The fourth-order valence-electron chi connectivity index (χ4n) is 2.03. The van der Waals surface area contributed by atoms with Crippen molar-refractivity contribution in [3.05, 3.63) is 0 Å². The predicted octanol–water partition coefficient (Wildman–Crippen LogP) is 1.81. The van der Waals surface area contributed by atoms with E-state index in [0.29, 0.717) is 0 Å². The molecular weight excluding hydrogens is 192 g/mol. The maximum Gasteiger partial charge on any atom is 0.0252 e. The Bertz CT molecular complexity index is 171. The van der Waals surface area contributed by atoms with Gasteiger partial charge in [0.15, 0.2) is 0 Å². The Labute approximate surface area is 92.8 Å². The van der Waals surface area contributed by atoms with Crippen LogP contribution in [0.4, 0.5) is 0 Å². The number of thioether (sulfide) groups is 1. The van der Waals surface area contributed by atoms with Crippen LogP contribution in [0.3, 0.4) is 0 Å². The minimum Gasteiger partial charge on any atom is -0.310 e. The third-order valence-corrected chi connectivity index (χ3v) is 3.56. The molecule has 1 aliphatic rings. The molecule has 0 aromatic rings. The lowest BCUT2D eigenvalue weighted by Crippen LogP contribution is -2.48. The monoisotopic (exact) mass is 216 g/mol. The van der Waals surface area contributed by atoms with Gasteiger partial charge in [-0.2, -0.15) is 11.8 Å². The lowest BCUT2D eigenvalue weighted by atomic mass is 10.1. The molecule has 1 fully saturated rings. The molecule has 0 bridgehead atoms. The van der Waals surface area contributed by atoms with E-state index < -0.39 is 0 Å². The van der Waals surface area contributed by atoms with E-state index in [1.807, 2.05) is 11.8 Å². The SMILES string of the molecule is CSCCN1CC(C)(C)NCCC1C. The van der Waals surface area contributed by atoms with Crippen molar-refractivity contribution >= 4 is 11.8 Å². The van der Waals surface area contributed by atoms with Crippen LogP contribution >= 0.6 is 11.8 Å². The number of hydrogen-bond acceptors (Lipinski definition) is 3. The van der Waals surface area contributed by atoms with E-state index in [4.69, 9.17) is 0 Å². The highest BCUT2D eigenvalue weighted by Crippen LogP contribution is 2.15. The Morgan fingerprint density at radius 2 is 2.21 bits per heavy atom. The fourth-order valence-corrected chi connectivity index (χ4v) is 2.45. The summed E-state index contributed by atoms with van der Waals surface area (Å²) in [5.41, 5.74) is 0.281. The van der Waals surface area contributed by atoms with Gasteiger partial charge in [0.2, 0.25) is 0 Å². The first-order valence-corrected chi connectivity index (χ1v) is 6.92. The van der Waals surface area contributed by atoms with Gasteiger partial charge in [0.1, 0.15) is 0 Å². The highest BCUT2D eigenvalue weighted by molar-refractivity contribution is 7.98. The predicted molar refractivity (Wildman–Crippen MR) is 66.1 cm³/mol. The van der Waals surface area contributed by atoms with Crippen molar-refractivity contribution in [2.45, 2.75) is 38.8 Å². The first-order chi connectivity index (χ1) is 6.55. The van der Waals surface area contributed by atoms with Gasteiger partial charge in [-0.05, 0) is 40.0 Å². The summed E-state index contributed by atoms with van der Waals surface area (Å²) in [6.07, 6.45) is 3.46. The van der Waals surface area contributed by atoms with E-state index in [9.17, 15) is 0 Å². The van der Waals surface area contributed by atoms with Crippen LogP contribution in [0.1, 0.15) is 27.2 Å². The quantitative estimate of drug-likeness (QED) is 0.774. The van der Waals surface area contributed by atoms with Gasteiger partial charge in [0.25, 0.3) is 0 Å². The zero-order valence-electron chi connectivity index (χ0n) is 9.97. The average Bonchev–Trinajstić information content (AvgIpc) is 2.22. The summed E-state index contributed by atoms with van der Waals surface area (Å²) in [6, 6.07) is 0.733. The molecular formula is C11H24N2S. The molecule has 1 N–H and O–H groups in total. The first-order valence-electron chi connectivity index (χ1n) is 5.53. The largest absolute Gasteiger partial charge is 0.310 e. The molecule has 0 radical (unpaired) electrons. The van der Waals surface area contributed by atoms with E-state index in [1.165, 1.54) is 25.3 Å². The number of rotatable bonds is 3. The maximum atomic E-state index is 3.61. The molecule has 0 aliphatic carbocycles. The second kappa shape index (κ2) is 5.38. The van der Waals surface area contributed by atoms with Gasteiger partial charge >= 0.3 is 0 Å². The number of nitrogens with zero attached hydrogens (tertiary/aromatic N) is 1. The Balaban J connectivity index is 2.50. The van der Waals surface area contributed by atoms with E-state index in [2.05, 4.69) is 37.2 Å². The lowest BCUT2D eigenvalue weighted by molar-refractivity contribution is 0.192. The summed E-state index contributed by atoms with van der Waals surface area (Å²) >= 11 is 1.94. The summed E-state index contributed by atoms with van der Waals surface area (Å²) in [5, 5.41) is 3.61. The molecule has 1 rings (SSSR count). The van der Waals surface area contributed by atoms with E-state index in [0.717, 1.165) is 12.6 Å². The summed E-state index contributed by atoms with van der Waals surface area (Å²) in [7, 11) is 0. The zero-order valence-corrected chi connectivity index (χ0v) is 10.8. The van der Waals surface area contributed by atoms with Crippen LogP contribution < -0.4 is 5.32 Å². The average molecular weight is 216 g/mol. The molecule has 3 heteroatoms. The van der Waals surface area contributed by atoms with E-state index in [1.54, 1.807) is 0 Å². The number of nitrogens with one attached hydrogen (secondary N) is 1. The lowest BCUT2D eigenvalue weighted by Gasteiger charge is -2.32. The van der Waals surface area contributed by atoms with Gasteiger partial charge in [-0.1, -0.05) is 0 Å². The second-order valence-corrected chi connectivity index (χ2v) is 5.90. The maximum absolute atomic E-state index is 3.61. The van der Waals surface area contributed by atoms with Crippen molar-refractivity contribution in [1.82, 2.24) is 10.2 Å². The summed E-state index contributed by atoms with van der Waals surface area (Å²) in [4.78, 5) is 2.62. The van der Waals surface area contributed by atoms with Crippen molar-refractivity contribution < 1.29 is 0 Å². The Kier molecular flexibility index (Phi) is 4.74. The molecule has 1 heterocycles. The minimum atomic E-state index is 0.281. The molecule has 1 atom stereocenters. The molecule has 14 heavy (non-hydrogen) atoms. The van der Waals surface area contributed by atoms with Crippen LogP contribution in [-0.2, 0) is 0 Å². The molecule has 1 unspecified atom stereocenters. The molecule has 0 aromatic carbocycles. The summed E-state index contributed by atoms with van der Waals surface area (Å²) in [6.45, 7) is 10.5. The Morgan fingerprint density at radius 3 is 2.86 bits per heavy atom. The highest BCUT2D eigenvalue weighted by Gasteiger charge is 2.27. The van der Waals surface area contributed by atoms with Crippen molar-refractivity contribution in [2.75, 3.05) is 31.6 Å².